The first-order valence-corrected chi connectivity index (χ1v) is 11.1. The van der Waals surface area contributed by atoms with E-state index >= 15 is 0 Å². The number of anilines is 2. The van der Waals surface area contributed by atoms with Gasteiger partial charge in [-0.15, -0.1) is 0 Å². The lowest BCUT2D eigenvalue weighted by atomic mass is 10.0. The van der Waals surface area contributed by atoms with Gasteiger partial charge in [0.05, 0.1) is 26.9 Å². The molecule has 2 aromatic carbocycles. The molecule has 0 unspecified atom stereocenters. The highest BCUT2D eigenvalue weighted by Gasteiger charge is 2.27. The van der Waals surface area contributed by atoms with Crippen LogP contribution in [-0.2, 0) is 16.4 Å². The van der Waals surface area contributed by atoms with Crippen molar-refractivity contribution in [1.29, 1.82) is 0 Å². The highest BCUT2D eigenvalue weighted by Crippen LogP contribution is 2.32. The number of nitro groups is 1. The van der Waals surface area contributed by atoms with Crippen molar-refractivity contribution in [1.82, 2.24) is 0 Å². The Morgan fingerprint density at radius 3 is 2.69 bits per heavy atom. The van der Waals surface area contributed by atoms with Gasteiger partial charge in [0.15, 0.2) is 0 Å². The molecule has 0 aromatic heterocycles. The minimum Gasteiger partial charge on any atom is -0.322 e. The van der Waals surface area contributed by atoms with Gasteiger partial charge in [-0.1, -0.05) is 18.5 Å². The van der Waals surface area contributed by atoms with Crippen molar-refractivity contribution in [2.75, 3.05) is 21.9 Å². The molecule has 0 saturated carbocycles. The van der Waals surface area contributed by atoms with E-state index in [0.717, 1.165) is 11.6 Å². The van der Waals surface area contributed by atoms with Crippen LogP contribution in [0.15, 0.2) is 36.4 Å². The summed E-state index contributed by atoms with van der Waals surface area (Å²) < 4.78 is 26.4. The maximum Gasteiger partial charge on any atom is 0.270 e. The highest BCUT2D eigenvalue weighted by atomic mass is 35.5. The first-order valence-electron chi connectivity index (χ1n) is 9.11. The second-order valence-corrected chi connectivity index (χ2v) is 9.13. The van der Waals surface area contributed by atoms with Crippen LogP contribution >= 0.6 is 11.6 Å². The number of carbonyl (C=O) groups excluding carboxylic acids is 1. The maximum atomic E-state index is 12.5. The largest absolute Gasteiger partial charge is 0.322 e. The van der Waals surface area contributed by atoms with Crippen molar-refractivity contribution in [2.45, 2.75) is 26.2 Å². The molecule has 1 N–H and O–H groups in total. The summed E-state index contributed by atoms with van der Waals surface area (Å²) in [6, 6.07) is 8.71. The fraction of sp³-hybridized carbons (Fsp3) is 0.316. The average Bonchev–Trinajstić information content (AvgIpc) is 2.67. The van der Waals surface area contributed by atoms with E-state index in [1.807, 2.05) is 6.92 Å². The molecule has 1 amide bonds. The first kappa shape index (κ1) is 21.1. The Labute approximate surface area is 173 Å². The number of sulfonamides is 1. The van der Waals surface area contributed by atoms with Crippen LogP contribution in [0.5, 0.6) is 0 Å². The third-order valence-corrected chi connectivity index (χ3v) is 6.91. The molecule has 3 rings (SSSR count). The number of aryl methyl sites for hydroxylation is 1. The molecule has 1 aliphatic heterocycles. The van der Waals surface area contributed by atoms with Crippen LogP contribution in [0.4, 0.5) is 17.1 Å². The summed E-state index contributed by atoms with van der Waals surface area (Å²) in [5.41, 5.74) is 1.88. The molecule has 2 aromatic rings. The molecule has 8 nitrogen and oxygen atoms in total. The van der Waals surface area contributed by atoms with Gasteiger partial charge in [-0.05, 0) is 49.1 Å². The van der Waals surface area contributed by atoms with E-state index in [4.69, 9.17) is 11.6 Å². The Morgan fingerprint density at radius 2 is 2.03 bits per heavy atom. The van der Waals surface area contributed by atoms with Crippen molar-refractivity contribution in [2.24, 2.45) is 0 Å². The molecule has 0 aliphatic carbocycles. The molecule has 0 radical (unpaired) electrons. The zero-order valence-corrected chi connectivity index (χ0v) is 17.3. The smallest absolute Gasteiger partial charge is 0.270 e. The van der Waals surface area contributed by atoms with Gasteiger partial charge in [0.1, 0.15) is 0 Å². The Balaban J connectivity index is 1.83. The van der Waals surface area contributed by atoms with E-state index in [-0.39, 0.29) is 22.0 Å². The number of amides is 1. The van der Waals surface area contributed by atoms with Gasteiger partial charge >= 0.3 is 0 Å². The quantitative estimate of drug-likeness (QED) is 0.542. The molecule has 1 heterocycles. The molecule has 0 bridgehead atoms. The predicted molar refractivity (Wildman–Crippen MR) is 112 cm³/mol. The zero-order chi connectivity index (χ0) is 21.2. The Kier molecular flexibility index (Phi) is 6.09. The minimum atomic E-state index is -3.37. The number of fused-ring (bicyclic) bond motifs is 1. The van der Waals surface area contributed by atoms with Crippen LogP contribution in [0, 0.1) is 10.1 Å². The van der Waals surface area contributed by atoms with Gasteiger partial charge in [-0.2, -0.15) is 0 Å². The summed E-state index contributed by atoms with van der Waals surface area (Å²) in [6.45, 7) is 2.27. The number of nitrogens with one attached hydrogen (secondary N) is 1. The third kappa shape index (κ3) is 4.51. The van der Waals surface area contributed by atoms with Gasteiger partial charge in [0, 0.05) is 24.4 Å². The molecular weight excluding hydrogens is 418 g/mol. The van der Waals surface area contributed by atoms with E-state index in [0.29, 0.717) is 37.2 Å². The molecule has 0 fully saturated rings. The van der Waals surface area contributed by atoms with E-state index < -0.39 is 20.9 Å². The standard InChI is InChI=1S/C19H20ClN3O5S/c1-2-10-29(27,28)22-9-3-4-13-11-14(5-8-18(13)22)21-19(24)16-7-6-15(23(25)26)12-17(16)20/h5-8,11-12H,2-4,9-10H2,1H3,(H,21,24). The van der Waals surface area contributed by atoms with Gasteiger partial charge in [0.25, 0.3) is 11.6 Å². The molecule has 0 atom stereocenters. The molecule has 1 aliphatic rings. The lowest BCUT2D eigenvalue weighted by Crippen LogP contribution is -2.37. The topological polar surface area (TPSA) is 110 Å². The zero-order valence-electron chi connectivity index (χ0n) is 15.7. The number of hydrogen-bond acceptors (Lipinski definition) is 5. The number of hydrogen-bond donors (Lipinski definition) is 1. The van der Waals surface area contributed by atoms with E-state index in [1.54, 1.807) is 18.2 Å². The Bertz CT molecular complexity index is 1070. The lowest BCUT2D eigenvalue weighted by Gasteiger charge is -2.30. The van der Waals surface area contributed by atoms with Crippen LogP contribution in [-0.4, -0.2) is 31.5 Å². The van der Waals surface area contributed by atoms with Gasteiger partial charge in [-0.25, -0.2) is 8.42 Å². The van der Waals surface area contributed by atoms with Crippen molar-refractivity contribution >= 4 is 44.6 Å². The molecule has 0 saturated heterocycles. The highest BCUT2D eigenvalue weighted by molar-refractivity contribution is 7.92. The lowest BCUT2D eigenvalue weighted by molar-refractivity contribution is -0.384. The third-order valence-electron chi connectivity index (χ3n) is 4.62. The Hall–Kier alpha value is -2.65. The van der Waals surface area contributed by atoms with E-state index in [1.165, 1.54) is 16.4 Å². The van der Waals surface area contributed by atoms with Crippen molar-refractivity contribution in [3.05, 3.63) is 62.7 Å². The number of rotatable bonds is 6. The Morgan fingerprint density at radius 1 is 1.28 bits per heavy atom. The van der Waals surface area contributed by atoms with Crippen LogP contribution < -0.4 is 9.62 Å². The summed E-state index contributed by atoms with van der Waals surface area (Å²) in [6.07, 6.45) is 1.94. The second kappa shape index (κ2) is 8.38. The van der Waals surface area contributed by atoms with Crippen molar-refractivity contribution in [3.8, 4) is 0 Å². The molecule has 10 heteroatoms. The molecule has 154 valence electrons. The van der Waals surface area contributed by atoms with Gasteiger partial charge in [0.2, 0.25) is 10.0 Å². The number of nitro benzene ring substituents is 1. The number of halogens is 1. The number of nitrogens with zero attached hydrogens (tertiary/aromatic N) is 2. The monoisotopic (exact) mass is 437 g/mol. The number of carbonyl (C=O) groups is 1. The van der Waals surface area contributed by atoms with Crippen molar-refractivity contribution < 1.29 is 18.1 Å². The van der Waals surface area contributed by atoms with E-state index in [9.17, 15) is 23.3 Å². The van der Waals surface area contributed by atoms with Gasteiger partial charge in [-0.3, -0.25) is 19.2 Å². The fourth-order valence-corrected chi connectivity index (χ4v) is 5.18. The molecule has 29 heavy (non-hydrogen) atoms. The maximum absolute atomic E-state index is 12.5. The number of non-ortho nitro benzene ring substituents is 1. The number of benzene rings is 2. The van der Waals surface area contributed by atoms with Gasteiger partial charge < -0.3 is 5.32 Å². The SMILES string of the molecule is CCCS(=O)(=O)N1CCCc2cc(NC(=O)c3ccc([N+](=O)[O-])cc3Cl)ccc21. The summed E-state index contributed by atoms with van der Waals surface area (Å²) in [7, 11) is -3.37. The van der Waals surface area contributed by atoms with Crippen LogP contribution in [0.3, 0.4) is 0 Å². The summed E-state index contributed by atoms with van der Waals surface area (Å²) in [5, 5.41) is 13.5. The summed E-state index contributed by atoms with van der Waals surface area (Å²) >= 11 is 6.01. The minimum absolute atomic E-state index is 0.0218. The molecule has 0 spiro atoms. The second-order valence-electron chi connectivity index (χ2n) is 6.71. The van der Waals surface area contributed by atoms with Crippen LogP contribution in [0.25, 0.3) is 0 Å². The van der Waals surface area contributed by atoms with Crippen LogP contribution in [0.1, 0.15) is 35.7 Å². The first-order chi connectivity index (χ1) is 13.7. The summed E-state index contributed by atoms with van der Waals surface area (Å²) in [4.78, 5) is 22.7. The van der Waals surface area contributed by atoms with Crippen LogP contribution in [0.2, 0.25) is 5.02 Å². The summed E-state index contributed by atoms with van der Waals surface area (Å²) in [5.74, 6) is -0.417. The predicted octanol–water partition coefficient (Wildman–Crippen LogP) is 3.99. The van der Waals surface area contributed by atoms with Crippen molar-refractivity contribution in [3.63, 3.8) is 0 Å². The normalized spacial score (nSPS) is 13.7. The van der Waals surface area contributed by atoms with E-state index in [2.05, 4.69) is 5.32 Å². The molecular formula is C19H20ClN3O5S. The average molecular weight is 438 g/mol. The fourth-order valence-electron chi connectivity index (χ4n) is 3.30.